The van der Waals surface area contributed by atoms with E-state index in [1.54, 1.807) is 12.2 Å². The summed E-state index contributed by atoms with van der Waals surface area (Å²) in [7, 11) is 0. The highest BCUT2D eigenvalue weighted by Gasteiger charge is 2.23. The average Bonchev–Trinajstić information content (AvgIpc) is 2.93. The lowest BCUT2D eigenvalue weighted by Crippen LogP contribution is -2.37. The van der Waals surface area contributed by atoms with Crippen molar-refractivity contribution < 1.29 is 28.9 Å². The topological polar surface area (TPSA) is 231 Å². The van der Waals surface area contributed by atoms with Crippen molar-refractivity contribution in [3.05, 3.63) is 67.9 Å². The Hall–Kier alpha value is -4.83. The molecule has 0 unspecified atom stereocenters. The van der Waals surface area contributed by atoms with Gasteiger partial charge >= 0.3 is 5.69 Å². The first-order valence-electron chi connectivity index (χ1n) is 12.3. The van der Waals surface area contributed by atoms with Crippen LogP contribution in [0.15, 0.2) is 36.5 Å². The van der Waals surface area contributed by atoms with E-state index in [1.165, 1.54) is 6.07 Å². The van der Waals surface area contributed by atoms with Crippen LogP contribution in [0.5, 0.6) is 5.75 Å². The van der Waals surface area contributed by atoms with Crippen LogP contribution in [0.1, 0.15) is 27.1 Å². The molecule has 1 aliphatic rings. The van der Waals surface area contributed by atoms with Crippen molar-refractivity contribution in [2.45, 2.75) is 6.42 Å². The van der Waals surface area contributed by atoms with Gasteiger partial charge in [-0.3, -0.25) is 34.7 Å². The number of morpholine rings is 1. The first kappa shape index (κ1) is 29.7. The van der Waals surface area contributed by atoms with Gasteiger partial charge in [-0.2, -0.15) is 0 Å². The highest BCUT2D eigenvalue weighted by atomic mass is 16.6. The summed E-state index contributed by atoms with van der Waals surface area (Å²) in [4.78, 5) is 50.8. The second kappa shape index (κ2) is 14.4. The summed E-state index contributed by atoms with van der Waals surface area (Å²) in [6.07, 6.45) is 5.03. The largest absolute Gasteiger partial charge is 0.491 e. The monoisotopic (exact) mass is 558 g/mol. The third-order valence-corrected chi connectivity index (χ3v) is 5.84. The van der Waals surface area contributed by atoms with Gasteiger partial charge in [0.1, 0.15) is 5.75 Å². The van der Waals surface area contributed by atoms with Gasteiger partial charge in [0.15, 0.2) is 5.69 Å². The Morgan fingerprint density at radius 2 is 1.62 bits per heavy atom. The molecule has 0 spiro atoms. The number of amides is 2. The zero-order valence-electron chi connectivity index (χ0n) is 21.5. The minimum atomic E-state index is -0.841. The highest BCUT2D eigenvalue weighted by Crippen LogP contribution is 2.36. The Morgan fingerprint density at radius 1 is 1.00 bits per heavy atom. The number of primary amides is 2. The Bertz CT molecular complexity index is 1280. The molecule has 3 rings (SSSR count). The molecule has 0 bridgehead atoms. The summed E-state index contributed by atoms with van der Waals surface area (Å²) < 4.78 is 11.2. The van der Waals surface area contributed by atoms with Crippen molar-refractivity contribution in [1.82, 2.24) is 9.88 Å². The molecule has 16 heteroatoms. The van der Waals surface area contributed by atoms with Crippen LogP contribution in [0, 0.1) is 20.2 Å². The van der Waals surface area contributed by atoms with E-state index in [9.17, 15) is 29.8 Å². The zero-order chi connectivity index (χ0) is 29.1. The van der Waals surface area contributed by atoms with E-state index in [0.717, 1.165) is 38.0 Å². The molecular weight excluding hydrogens is 528 g/mol. The molecule has 0 aliphatic carbocycles. The van der Waals surface area contributed by atoms with Gasteiger partial charge in [0.25, 0.3) is 11.6 Å². The number of aromatic nitrogens is 1. The van der Waals surface area contributed by atoms with Crippen molar-refractivity contribution in [3.63, 3.8) is 0 Å². The zero-order valence-corrected chi connectivity index (χ0v) is 21.5. The number of nitrogens with one attached hydrogen (secondary N) is 2. The number of carbonyl (C=O) groups is 2. The van der Waals surface area contributed by atoms with Gasteiger partial charge in [-0.1, -0.05) is 12.2 Å². The molecule has 0 saturated carbocycles. The minimum absolute atomic E-state index is 0.0574. The van der Waals surface area contributed by atoms with Crippen LogP contribution in [0.25, 0.3) is 0 Å². The number of hydrogen-bond acceptors (Lipinski definition) is 12. The van der Waals surface area contributed by atoms with E-state index >= 15 is 0 Å². The second-order valence-electron chi connectivity index (χ2n) is 8.59. The Labute approximate surface area is 228 Å². The fraction of sp³-hybridized carbons (Fsp3) is 0.375. The summed E-state index contributed by atoms with van der Waals surface area (Å²) in [5, 5.41) is 28.7. The fourth-order valence-electron chi connectivity index (χ4n) is 3.82. The normalized spacial score (nSPS) is 13.6. The van der Waals surface area contributed by atoms with Crippen molar-refractivity contribution in [2.24, 2.45) is 11.5 Å². The van der Waals surface area contributed by atoms with Gasteiger partial charge < -0.3 is 31.6 Å². The number of nitrogens with zero attached hydrogens (tertiary/aromatic N) is 4. The lowest BCUT2D eigenvalue weighted by Gasteiger charge is -2.26. The Balaban J connectivity index is 1.64. The maximum Gasteiger partial charge on any atom is 0.312 e. The number of hydrogen-bond donors (Lipinski definition) is 4. The van der Waals surface area contributed by atoms with Crippen LogP contribution in [-0.4, -0.2) is 84.1 Å². The standard InChI is InChI=1S/C24H30N8O8/c25-22(33)16-12-18(31(35)36)21(20(14-16)40-9-3-6-30-7-10-39-11-8-30)27-4-1-2-5-28-24-19(32(37)38)13-17(15-29-24)23(26)34/h1-2,12-15,27H,3-11H2,(H2,25,33)(H2,26,34)(H,28,29). The number of nitro groups is 2. The van der Waals surface area contributed by atoms with Gasteiger partial charge in [-0.15, -0.1) is 0 Å². The molecular formula is C24H30N8O8. The molecule has 6 N–H and O–H groups in total. The van der Waals surface area contributed by atoms with Crippen LogP contribution in [0.4, 0.5) is 22.9 Å². The lowest BCUT2D eigenvalue weighted by atomic mass is 10.1. The smallest absolute Gasteiger partial charge is 0.312 e. The second-order valence-corrected chi connectivity index (χ2v) is 8.59. The molecule has 0 atom stereocenters. The van der Waals surface area contributed by atoms with Crippen molar-refractivity contribution >= 4 is 34.7 Å². The quantitative estimate of drug-likeness (QED) is 0.105. The van der Waals surface area contributed by atoms with Crippen LogP contribution in [0.2, 0.25) is 0 Å². The summed E-state index contributed by atoms with van der Waals surface area (Å²) in [5.41, 5.74) is 9.65. The molecule has 2 aromatic rings. The number of carbonyl (C=O) groups excluding carboxylic acids is 2. The molecule has 40 heavy (non-hydrogen) atoms. The Morgan fingerprint density at radius 3 is 2.25 bits per heavy atom. The van der Waals surface area contributed by atoms with Crippen LogP contribution >= 0.6 is 0 Å². The number of ether oxygens (including phenoxy) is 2. The van der Waals surface area contributed by atoms with E-state index < -0.39 is 27.3 Å². The molecule has 16 nitrogen and oxygen atoms in total. The van der Waals surface area contributed by atoms with Crippen LogP contribution in [-0.2, 0) is 4.74 Å². The van der Waals surface area contributed by atoms with E-state index in [1.807, 2.05) is 0 Å². The molecule has 1 fully saturated rings. The number of nitro benzene ring substituents is 1. The first-order valence-corrected chi connectivity index (χ1v) is 12.3. The number of nitrogens with two attached hydrogens (primary N) is 2. The number of anilines is 2. The van der Waals surface area contributed by atoms with E-state index in [4.69, 9.17) is 20.9 Å². The molecule has 0 radical (unpaired) electrons. The van der Waals surface area contributed by atoms with Crippen molar-refractivity contribution in [1.29, 1.82) is 0 Å². The van der Waals surface area contributed by atoms with Gasteiger partial charge in [0, 0.05) is 56.6 Å². The third-order valence-electron chi connectivity index (χ3n) is 5.84. The molecule has 1 saturated heterocycles. The fourth-order valence-corrected chi connectivity index (χ4v) is 3.82. The third kappa shape index (κ3) is 8.34. The van der Waals surface area contributed by atoms with Gasteiger partial charge in [-0.25, -0.2) is 4.98 Å². The molecule has 1 aromatic carbocycles. The van der Waals surface area contributed by atoms with E-state index in [2.05, 4.69) is 20.5 Å². The highest BCUT2D eigenvalue weighted by molar-refractivity contribution is 5.96. The maximum absolute atomic E-state index is 11.8. The Kier molecular flexibility index (Phi) is 10.7. The van der Waals surface area contributed by atoms with Crippen molar-refractivity contribution in [3.8, 4) is 5.75 Å². The molecule has 2 heterocycles. The summed E-state index contributed by atoms with van der Waals surface area (Å²) in [6, 6.07) is 3.47. The maximum atomic E-state index is 11.8. The number of benzene rings is 1. The number of rotatable bonds is 15. The molecule has 1 aromatic heterocycles. The van der Waals surface area contributed by atoms with Gasteiger partial charge in [0.2, 0.25) is 11.7 Å². The SMILES string of the molecule is NC(=O)c1cnc(NCC=CCNc2c(OCCCN3CCOCC3)cc(C(N)=O)cc2[N+](=O)[O-])c([N+](=O)[O-])c1. The van der Waals surface area contributed by atoms with Gasteiger partial charge in [0.05, 0.1) is 35.2 Å². The van der Waals surface area contributed by atoms with E-state index in [0.29, 0.717) is 19.6 Å². The average molecular weight is 559 g/mol. The molecule has 1 aliphatic heterocycles. The van der Waals surface area contributed by atoms with Crippen LogP contribution < -0.4 is 26.8 Å². The summed E-state index contributed by atoms with van der Waals surface area (Å²) >= 11 is 0. The predicted octanol–water partition coefficient (Wildman–Crippen LogP) is 1.28. The van der Waals surface area contributed by atoms with E-state index in [-0.39, 0.29) is 53.8 Å². The van der Waals surface area contributed by atoms with Gasteiger partial charge in [-0.05, 0) is 12.5 Å². The summed E-state index contributed by atoms with van der Waals surface area (Å²) in [5.74, 6) is -1.61. The first-order chi connectivity index (χ1) is 19.2. The summed E-state index contributed by atoms with van der Waals surface area (Å²) in [6.45, 7) is 4.23. The predicted molar refractivity (Wildman–Crippen MR) is 145 cm³/mol. The molecule has 2 amide bonds. The molecule has 214 valence electrons. The van der Waals surface area contributed by atoms with Crippen LogP contribution in [0.3, 0.4) is 0 Å². The number of pyridine rings is 1. The minimum Gasteiger partial charge on any atom is -0.491 e. The lowest BCUT2D eigenvalue weighted by molar-refractivity contribution is -0.384. The van der Waals surface area contributed by atoms with Crippen molar-refractivity contribution in [2.75, 3.05) is 63.2 Å².